The Morgan fingerprint density at radius 3 is 2.33 bits per heavy atom. The third kappa shape index (κ3) is 4.57. The molecule has 2 N–H and O–H groups in total. The minimum atomic E-state index is -0.0278. The number of carbonyl (C=O) groups excluding carboxylic acids is 2. The van der Waals surface area contributed by atoms with Crippen molar-refractivity contribution in [3.8, 4) is 0 Å². The van der Waals surface area contributed by atoms with Crippen molar-refractivity contribution in [3.05, 3.63) is 29.8 Å². The minimum absolute atomic E-state index is 0.0278. The molecule has 0 heterocycles. The first-order chi connectivity index (χ1) is 8.52. The van der Waals surface area contributed by atoms with Crippen LogP contribution in [0.1, 0.15) is 37.6 Å². The number of carbonyl (C=O) groups is 2. The van der Waals surface area contributed by atoms with Crippen LogP contribution in [0.15, 0.2) is 24.3 Å². The maximum absolute atomic E-state index is 11.5. The van der Waals surface area contributed by atoms with Crippen LogP contribution in [0, 0.1) is 0 Å². The van der Waals surface area contributed by atoms with Gasteiger partial charge in [0.1, 0.15) is 0 Å². The van der Waals surface area contributed by atoms with Crippen LogP contribution < -0.4 is 10.6 Å². The molecule has 0 saturated heterocycles. The average molecular weight is 248 g/mol. The summed E-state index contributed by atoms with van der Waals surface area (Å²) < 4.78 is 0. The van der Waals surface area contributed by atoms with Crippen molar-refractivity contribution in [1.82, 2.24) is 5.32 Å². The van der Waals surface area contributed by atoms with Gasteiger partial charge < -0.3 is 10.6 Å². The topological polar surface area (TPSA) is 58.2 Å². The summed E-state index contributed by atoms with van der Waals surface area (Å²) in [5, 5.41) is 5.89. The van der Waals surface area contributed by atoms with Crippen molar-refractivity contribution < 1.29 is 9.59 Å². The Morgan fingerprint density at radius 2 is 1.83 bits per heavy atom. The maximum Gasteiger partial charge on any atom is 0.239 e. The van der Waals surface area contributed by atoms with Crippen LogP contribution in [0.4, 0.5) is 5.69 Å². The molecule has 1 amide bonds. The fourth-order valence-corrected chi connectivity index (χ4v) is 1.43. The third-order valence-corrected chi connectivity index (χ3v) is 2.76. The van der Waals surface area contributed by atoms with Gasteiger partial charge in [-0.2, -0.15) is 0 Å². The molecule has 0 saturated carbocycles. The summed E-state index contributed by atoms with van der Waals surface area (Å²) in [5.74, 6) is 0.0102. The molecule has 1 atom stereocenters. The van der Waals surface area contributed by atoms with Crippen molar-refractivity contribution >= 4 is 17.4 Å². The van der Waals surface area contributed by atoms with Crippen LogP contribution >= 0.6 is 0 Å². The largest absolute Gasteiger partial charge is 0.376 e. The molecule has 0 radical (unpaired) electrons. The van der Waals surface area contributed by atoms with E-state index in [0.717, 1.165) is 12.1 Å². The minimum Gasteiger partial charge on any atom is -0.376 e. The number of anilines is 1. The third-order valence-electron chi connectivity index (χ3n) is 2.76. The van der Waals surface area contributed by atoms with Gasteiger partial charge in [0.15, 0.2) is 5.78 Å². The molecule has 0 aliphatic carbocycles. The summed E-state index contributed by atoms with van der Waals surface area (Å²) >= 11 is 0. The molecular formula is C14H20N2O2. The first-order valence-corrected chi connectivity index (χ1v) is 6.17. The summed E-state index contributed by atoms with van der Waals surface area (Å²) in [4.78, 5) is 22.6. The highest BCUT2D eigenvalue weighted by atomic mass is 16.2. The lowest BCUT2D eigenvalue weighted by atomic mass is 10.1. The summed E-state index contributed by atoms with van der Waals surface area (Å²) in [6.07, 6.45) is 0.916. The molecule has 0 fully saturated rings. The van der Waals surface area contributed by atoms with E-state index in [2.05, 4.69) is 10.6 Å². The second-order valence-corrected chi connectivity index (χ2v) is 4.36. The van der Waals surface area contributed by atoms with Crippen LogP contribution in [0.5, 0.6) is 0 Å². The molecule has 1 aromatic rings. The second kappa shape index (κ2) is 6.79. The van der Waals surface area contributed by atoms with E-state index in [0.29, 0.717) is 5.56 Å². The molecule has 0 aliphatic rings. The normalized spacial score (nSPS) is 11.7. The molecule has 1 rings (SSSR count). The van der Waals surface area contributed by atoms with Gasteiger partial charge in [0.05, 0.1) is 6.54 Å². The lowest BCUT2D eigenvalue weighted by Crippen LogP contribution is -2.36. The van der Waals surface area contributed by atoms with E-state index in [1.165, 1.54) is 6.92 Å². The van der Waals surface area contributed by atoms with Crippen LogP contribution in [-0.2, 0) is 4.79 Å². The second-order valence-electron chi connectivity index (χ2n) is 4.36. The first-order valence-electron chi connectivity index (χ1n) is 6.17. The zero-order chi connectivity index (χ0) is 13.5. The van der Waals surface area contributed by atoms with Crippen molar-refractivity contribution in [2.75, 3.05) is 11.9 Å². The van der Waals surface area contributed by atoms with Gasteiger partial charge in [-0.15, -0.1) is 0 Å². The molecule has 18 heavy (non-hydrogen) atoms. The first kappa shape index (κ1) is 14.2. The molecule has 0 aromatic heterocycles. The fraction of sp³-hybridized carbons (Fsp3) is 0.429. The number of hydrogen-bond donors (Lipinski definition) is 2. The van der Waals surface area contributed by atoms with Gasteiger partial charge in [0.25, 0.3) is 0 Å². The number of rotatable bonds is 6. The van der Waals surface area contributed by atoms with Gasteiger partial charge >= 0.3 is 0 Å². The standard InChI is InChI=1S/C14H20N2O2/c1-4-10(2)16-14(18)9-15-13-7-5-12(6-8-13)11(3)17/h5-8,10,15H,4,9H2,1-3H3,(H,16,18). The molecule has 98 valence electrons. The molecular weight excluding hydrogens is 228 g/mol. The van der Waals surface area contributed by atoms with Gasteiger partial charge in [-0.3, -0.25) is 9.59 Å². The van der Waals surface area contributed by atoms with Crippen LogP contribution in [0.2, 0.25) is 0 Å². The zero-order valence-corrected chi connectivity index (χ0v) is 11.1. The highest BCUT2D eigenvalue weighted by molar-refractivity contribution is 5.94. The Kier molecular flexibility index (Phi) is 5.36. The highest BCUT2D eigenvalue weighted by Gasteiger charge is 2.05. The molecule has 1 unspecified atom stereocenters. The van der Waals surface area contributed by atoms with E-state index in [4.69, 9.17) is 0 Å². The molecule has 0 aliphatic heterocycles. The number of hydrogen-bond acceptors (Lipinski definition) is 3. The van der Waals surface area contributed by atoms with E-state index >= 15 is 0 Å². The molecule has 0 bridgehead atoms. The van der Waals surface area contributed by atoms with Gasteiger partial charge in [-0.05, 0) is 44.5 Å². The van der Waals surface area contributed by atoms with E-state index < -0.39 is 0 Å². The molecule has 4 heteroatoms. The Morgan fingerprint density at radius 1 is 1.22 bits per heavy atom. The lowest BCUT2D eigenvalue weighted by molar-refractivity contribution is -0.120. The van der Waals surface area contributed by atoms with Crippen molar-refractivity contribution in [2.45, 2.75) is 33.2 Å². The predicted octanol–water partition coefficient (Wildman–Crippen LogP) is 2.22. The Hall–Kier alpha value is -1.84. The molecule has 1 aromatic carbocycles. The summed E-state index contributed by atoms with van der Waals surface area (Å²) in [5.41, 5.74) is 1.50. The Bertz CT molecular complexity index is 412. The van der Waals surface area contributed by atoms with Gasteiger partial charge in [-0.25, -0.2) is 0 Å². The lowest BCUT2D eigenvalue weighted by Gasteiger charge is -2.12. The summed E-state index contributed by atoms with van der Waals surface area (Å²) in [6.45, 7) is 5.77. The molecule has 4 nitrogen and oxygen atoms in total. The van der Waals surface area contributed by atoms with E-state index in [1.54, 1.807) is 24.3 Å². The highest BCUT2D eigenvalue weighted by Crippen LogP contribution is 2.09. The smallest absolute Gasteiger partial charge is 0.239 e. The SMILES string of the molecule is CCC(C)NC(=O)CNc1ccc(C(C)=O)cc1. The summed E-state index contributed by atoms with van der Waals surface area (Å²) in [7, 11) is 0. The Labute approximate surface area is 108 Å². The quantitative estimate of drug-likeness (QED) is 0.759. The number of benzene rings is 1. The number of amides is 1. The number of Topliss-reactive ketones (excluding diaryl/α,β-unsaturated/α-hetero) is 1. The summed E-state index contributed by atoms with van der Waals surface area (Å²) in [6, 6.07) is 7.29. The zero-order valence-electron chi connectivity index (χ0n) is 11.1. The van der Waals surface area contributed by atoms with Crippen LogP contribution in [0.3, 0.4) is 0 Å². The van der Waals surface area contributed by atoms with Gasteiger partial charge in [0, 0.05) is 17.3 Å². The Balaban J connectivity index is 2.44. The average Bonchev–Trinajstić information content (AvgIpc) is 2.36. The van der Waals surface area contributed by atoms with Crippen molar-refractivity contribution in [3.63, 3.8) is 0 Å². The number of ketones is 1. The number of nitrogens with one attached hydrogen (secondary N) is 2. The fourth-order valence-electron chi connectivity index (χ4n) is 1.43. The molecule has 0 spiro atoms. The maximum atomic E-state index is 11.5. The van der Waals surface area contributed by atoms with Crippen molar-refractivity contribution in [2.24, 2.45) is 0 Å². The predicted molar refractivity (Wildman–Crippen MR) is 72.8 cm³/mol. The monoisotopic (exact) mass is 248 g/mol. The van der Waals surface area contributed by atoms with Gasteiger partial charge in [-0.1, -0.05) is 6.92 Å². The van der Waals surface area contributed by atoms with E-state index in [1.807, 2.05) is 13.8 Å². The van der Waals surface area contributed by atoms with E-state index in [-0.39, 0.29) is 24.3 Å². The van der Waals surface area contributed by atoms with Crippen LogP contribution in [-0.4, -0.2) is 24.3 Å². The van der Waals surface area contributed by atoms with Gasteiger partial charge in [0.2, 0.25) is 5.91 Å². The van der Waals surface area contributed by atoms with E-state index in [9.17, 15) is 9.59 Å². The van der Waals surface area contributed by atoms with Crippen molar-refractivity contribution in [1.29, 1.82) is 0 Å². The van der Waals surface area contributed by atoms with Crippen LogP contribution in [0.25, 0.3) is 0 Å².